The Morgan fingerprint density at radius 2 is 1.60 bits per heavy atom. The fourth-order valence-corrected chi connectivity index (χ4v) is 2.39. The first-order chi connectivity index (χ1) is 12.1. The average molecular weight is 340 g/mol. The van der Waals surface area contributed by atoms with Gasteiger partial charge in [0.25, 0.3) is 0 Å². The molecule has 0 spiro atoms. The van der Waals surface area contributed by atoms with E-state index in [2.05, 4.69) is 6.08 Å². The second-order valence-corrected chi connectivity index (χ2v) is 5.59. The zero-order valence-electron chi connectivity index (χ0n) is 14.6. The molecule has 4 heteroatoms. The second-order valence-electron chi connectivity index (χ2n) is 5.59. The lowest BCUT2D eigenvalue weighted by Gasteiger charge is -2.03. The van der Waals surface area contributed by atoms with Crippen LogP contribution in [0.4, 0.5) is 0 Å². The Labute approximate surface area is 148 Å². The highest BCUT2D eigenvalue weighted by molar-refractivity contribution is 5.59. The van der Waals surface area contributed by atoms with Gasteiger partial charge in [0.1, 0.15) is 11.5 Å². The van der Waals surface area contributed by atoms with Crippen molar-refractivity contribution in [3.05, 3.63) is 59.7 Å². The zero-order chi connectivity index (χ0) is 18.1. The highest BCUT2D eigenvalue weighted by Gasteiger charge is 2.00. The summed E-state index contributed by atoms with van der Waals surface area (Å²) in [4.78, 5) is 0. The normalized spacial score (nSPS) is 11.3. The van der Waals surface area contributed by atoms with Crippen molar-refractivity contribution in [2.24, 2.45) is 0 Å². The lowest BCUT2D eigenvalue weighted by molar-refractivity contribution is 0.373. The quantitative estimate of drug-likeness (QED) is 0.663. The Hall–Kier alpha value is -2.88. The zero-order valence-corrected chi connectivity index (χ0v) is 14.6. The number of hydrogen-bond donors (Lipinski definition) is 2. The molecule has 0 amide bonds. The Balaban J connectivity index is 1.78. The Bertz CT molecular complexity index is 748. The van der Waals surface area contributed by atoms with Gasteiger partial charge in [-0.1, -0.05) is 30.4 Å². The van der Waals surface area contributed by atoms with Crippen LogP contribution in [0.1, 0.15) is 30.4 Å². The molecular weight excluding hydrogens is 316 g/mol. The van der Waals surface area contributed by atoms with Gasteiger partial charge in [0.05, 0.1) is 14.2 Å². The molecule has 0 fully saturated rings. The lowest BCUT2D eigenvalue weighted by Crippen LogP contribution is -1.83. The SMILES string of the molecule is COc1ccc(O)c(/C=C/CCC/C=C/c2ccc(OC)c(O)c2)c1. The van der Waals surface area contributed by atoms with Crippen molar-refractivity contribution in [1.29, 1.82) is 0 Å². The third kappa shape index (κ3) is 5.60. The number of hydrogen-bond acceptors (Lipinski definition) is 4. The number of phenols is 2. The Morgan fingerprint density at radius 1 is 0.840 bits per heavy atom. The van der Waals surface area contributed by atoms with Gasteiger partial charge in [-0.2, -0.15) is 0 Å². The number of ether oxygens (including phenoxy) is 2. The number of rotatable bonds is 8. The van der Waals surface area contributed by atoms with E-state index in [4.69, 9.17) is 9.47 Å². The molecule has 0 unspecified atom stereocenters. The fraction of sp³-hybridized carbons (Fsp3) is 0.238. The lowest BCUT2D eigenvalue weighted by atomic mass is 10.1. The van der Waals surface area contributed by atoms with Crippen LogP contribution < -0.4 is 9.47 Å². The standard InChI is InChI=1S/C21H24O4/c1-24-18-11-12-19(22)17(15-18)9-7-5-3-4-6-8-16-10-13-21(25-2)20(23)14-16/h6-15,22-23H,3-5H2,1-2H3/b8-6+,9-7+. The van der Waals surface area contributed by atoms with Crippen LogP contribution in [0.3, 0.4) is 0 Å². The largest absolute Gasteiger partial charge is 0.507 e. The van der Waals surface area contributed by atoms with Gasteiger partial charge >= 0.3 is 0 Å². The third-order valence-electron chi connectivity index (χ3n) is 3.79. The highest BCUT2D eigenvalue weighted by Crippen LogP contribution is 2.27. The van der Waals surface area contributed by atoms with Crippen molar-refractivity contribution in [2.45, 2.75) is 19.3 Å². The van der Waals surface area contributed by atoms with E-state index >= 15 is 0 Å². The molecule has 0 aromatic heterocycles. The molecule has 25 heavy (non-hydrogen) atoms. The number of allylic oxidation sites excluding steroid dienone is 2. The molecule has 132 valence electrons. The van der Waals surface area contributed by atoms with Crippen molar-refractivity contribution in [2.75, 3.05) is 14.2 Å². The molecule has 0 aliphatic rings. The van der Waals surface area contributed by atoms with Crippen LogP contribution in [0.2, 0.25) is 0 Å². The Kier molecular flexibility index (Phi) is 6.96. The maximum absolute atomic E-state index is 9.81. The minimum absolute atomic E-state index is 0.144. The predicted octanol–water partition coefficient (Wildman–Crippen LogP) is 5.01. The molecule has 0 heterocycles. The number of phenolic OH excluding ortho intramolecular Hbond substituents is 2. The van der Waals surface area contributed by atoms with Crippen LogP contribution >= 0.6 is 0 Å². The minimum Gasteiger partial charge on any atom is -0.507 e. The van der Waals surface area contributed by atoms with Gasteiger partial charge in [-0.25, -0.2) is 0 Å². The van der Waals surface area contributed by atoms with Crippen LogP contribution in [-0.4, -0.2) is 24.4 Å². The monoisotopic (exact) mass is 340 g/mol. The van der Waals surface area contributed by atoms with Crippen LogP contribution in [0.25, 0.3) is 12.2 Å². The summed E-state index contributed by atoms with van der Waals surface area (Å²) in [5.41, 5.74) is 1.69. The van der Waals surface area contributed by atoms with Gasteiger partial charge in [0.2, 0.25) is 0 Å². The van der Waals surface area contributed by atoms with E-state index in [-0.39, 0.29) is 11.5 Å². The fourth-order valence-electron chi connectivity index (χ4n) is 2.39. The predicted molar refractivity (Wildman–Crippen MR) is 101 cm³/mol. The van der Waals surface area contributed by atoms with Gasteiger partial charge < -0.3 is 19.7 Å². The van der Waals surface area contributed by atoms with E-state index < -0.39 is 0 Å². The second kappa shape index (κ2) is 9.42. The van der Waals surface area contributed by atoms with Crippen molar-refractivity contribution in [3.63, 3.8) is 0 Å². The summed E-state index contributed by atoms with van der Waals surface area (Å²) in [6, 6.07) is 10.5. The van der Waals surface area contributed by atoms with Gasteiger partial charge in [-0.05, 0) is 55.2 Å². The number of benzene rings is 2. The van der Waals surface area contributed by atoms with Crippen molar-refractivity contribution < 1.29 is 19.7 Å². The first kappa shape index (κ1) is 18.5. The van der Waals surface area contributed by atoms with Gasteiger partial charge in [-0.15, -0.1) is 0 Å². The van der Waals surface area contributed by atoms with Crippen molar-refractivity contribution in [1.82, 2.24) is 0 Å². The maximum Gasteiger partial charge on any atom is 0.160 e. The molecule has 2 aromatic carbocycles. The van der Waals surface area contributed by atoms with E-state index in [1.54, 1.807) is 31.4 Å². The average Bonchev–Trinajstić information content (AvgIpc) is 2.62. The maximum atomic E-state index is 9.81. The first-order valence-electron chi connectivity index (χ1n) is 8.21. The van der Waals surface area contributed by atoms with Crippen LogP contribution in [0.5, 0.6) is 23.0 Å². The molecule has 0 radical (unpaired) electrons. The van der Waals surface area contributed by atoms with E-state index in [1.807, 2.05) is 30.4 Å². The molecule has 2 rings (SSSR count). The van der Waals surface area contributed by atoms with Crippen LogP contribution in [0.15, 0.2) is 48.6 Å². The summed E-state index contributed by atoms with van der Waals surface area (Å²) in [7, 11) is 3.14. The van der Waals surface area contributed by atoms with Crippen molar-refractivity contribution in [3.8, 4) is 23.0 Å². The number of methoxy groups -OCH3 is 2. The molecule has 2 aromatic rings. The summed E-state index contributed by atoms with van der Waals surface area (Å²) in [5, 5.41) is 19.5. The number of aromatic hydroxyl groups is 2. The van der Waals surface area contributed by atoms with Crippen LogP contribution in [-0.2, 0) is 0 Å². The van der Waals surface area contributed by atoms with E-state index in [1.165, 1.54) is 7.11 Å². The summed E-state index contributed by atoms with van der Waals surface area (Å²) in [6.45, 7) is 0. The summed E-state index contributed by atoms with van der Waals surface area (Å²) in [6.07, 6.45) is 10.9. The molecule has 0 saturated carbocycles. The van der Waals surface area contributed by atoms with Gasteiger partial charge in [0.15, 0.2) is 11.5 Å². The highest BCUT2D eigenvalue weighted by atomic mass is 16.5. The van der Waals surface area contributed by atoms with Gasteiger partial charge in [0, 0.05) is 5.56 Å². The van der Waals surface area contributed by atoms with Crippen LogP contribution in [0, 0.1) is 0 Å². The molecule has 0 aliphatic carbocycles. The molecule has 0 atom stereocenters. The summed E-state index contributed by atoms with van der Waals surface area (Å²) < 4.78 is 10.2. The topological polar surface area (TPSA) is 58.9 Å². The van der Waals surface area contributed by atoms with Crippen molar-refractivity contribution >= 4 is 12.2 Å². The van der Waals surface area contributed by atoms with E-state index in [0.29, 0.717) is 5.75 Å². The molecule has 2 N–H and O–H groups in total. The summed E-state index contributed by atoms with van der Waals surface area (Å²) in [5.74, 6) is 1.59. The van der Waals surface area contributed by atoms with Gasteiger partial charge in [-0.3, -0.25) is 0 Å². The molecule has 0 aliphatic heterocycles. The molecular formula is C21H24O4. The minimum atomic E-state index is 0.144. The molecule has 0 bridgehead atoms. The number of unbranched alkanes of at least 4 members (excludes halogenated alkanes) is 2. The third-order valence-corrected chi connectivity index (χ3v) is 3.79. The van der Waals surface area contributed by atoms with E-state index in [9.17, 15) is 10.2 Å². The first-order valence-corrected chi connectivity index (χ1v) is 8.21. The van der Waals surface area contributed by atoms with E-state index in [0.717, 1.165) is 36.1 Å². The smallest absolute Gasteiger partial charge is 0.160 e. The summed E-state index contributed by atoms with van der Waals surface area (Å²) >= 11 is 0. The molecule has 4 nitrogen and oxygen atoms in total. The molecule has 0 saturated heterocycles. The Morgan fingerprint density at radius 3 is 2.28 bits per heavy atom.